The van der Waals surface area contributed by atoms with Crippen LogP contribution < -0.4 is 10.1 Å². The van der Waals surface area contributed by atoms with Gasteiger partial charge in [-0.3, -0.25) is 0 Å². The Labute approximate surface area is 103 Å². The van der Waals surface area contributed by atoms with Gasteiger partial charge in [-0.1, -0.05) is 18.2 Å². The van der Waals surface area contributed by atoms with E-state index in [0.717, 1.165) is 24.7 Å². The van der Waals surface area contributed by atoms with Gasteiger partial charge in [-0.25, -0.2) is 0 Å². The van der Waals surface area contributed by atoms with Gasteiger partial charge in [0.25, 0.3) is 0 Å². The number of nitrogens with one attached hydrogen (secondary N) is 1. The van der Waals surface area contributed by atoms with E-state index in [-0.39, 0.29) is 0 Å². The molecule has 0 spiro atoms. The Morgan fingerprint density at radius 2 is 2.12 bits per heavy atom. The highest BCUT2D eigenvalue weighted by Crippen LogP contribution is 2.17. The van der Waals surface area contributed by atoms with Crippen LogP contribution in [0.15, 0.2) is 24.3 Å². The molecule has 0 saturated heterocycles. The van der Waals surface area contributed by atoms with E-state index in [9.17, 15) is 0 Å². The summed E-state index contributed by atoms with van der Waals surface area (Å²) >= 11 is 1.87. The molecule has 16 heavy (non-hydrogen) atoms. The standard InChI is InChI=1S/C13H21NOS/c1-4-15-13-8-6-5-7-12(13)9-14-11(2)10-16-3/h5-8,11,14H,4,9-10H2,1-3H3. The van der Waals surface area contributed by atoms with Gasteiger partial charge in [0.15, 0.2) is 0 Å². The van der Waals surface area contributed by atoms with Gasteiger partial charge in [-0.15, -0.1) is 0 Å². The lowest BCUT2D eigenvalue weighted by molar-refractivity contribution is 0.335. The van der Waals surface area contributed by atoms with Crippen LogP contribution in [0.2, 0.25) is 0 Å². The Kier molecular flexibility index (Phi) is 6.34. The molecule has 0 aliphatic rings. The summed E-state index contributed by atoms with van der Waals surface area (Å²) in [6, 6.07) is 8.74. The van der Waals surface area contributed by atoms with E-state index in [0.29, 0.717) is 6.04 Å². The monoisotopic (exact) mass is 239 g/mol. The maximum atomic E-state index is 5.58. The second kappa shape index (κ2) is 7.58. The maximum Gasteiger partial charge on any atom is 0.123 e. The smallest absolute Gasteiger partial charge is 0.123 e. The highest BCUT2D eigenvalue weighted by Gasteiger charge is 2.04. The average molecular weight is 239 g/mol. The normalized spacial score (nSPS) is 12.4. The van der Waals surface area contributed by atoms with Crippen LogP contribution in [0.3, 0.4) is 0 Å². The summed E-state index contributed by atoms with van der Waals surface area (Å²) in [7, 11) is 0. The molecule has 0 aliphatic heterocycles. The maximum absolute atomic E-state index is 5.58. The first-order valence-electron chi connectivity index (χ1n) is 5.71. The second-order valence-electron chi connectivity index (χ2n) is 3.78. The van der Waals surface area contributed by atoms with Crippen molar-refractivity contribution >= 4 is 11.8 Å². The fourth-order valence-corrected chi connectivity index (χ4v) is 2.16. The molecule has 0 heterocycles. The van der Waals surface area contributed by atoms with Crippen LogP contribution in [0.25, 0.3) is 0 Å². The summed E-state index contributed by atoms with van der Waals surface area (Å²) in [6.45, 7) is 5.82. The van der Waals surface area contributed by atoms with Gasteiger partial charge >= 0.3 is 0 Å². The zero-order chi connectivity index (χ0) is 11.8. The third kappa shape index (κ3) is 4.45. The second-order valence-corrected chi connectivity index (χ2v) is 4.69. The molecule has 1 N–H and O–H groups in total. The minimum absolute atomic E-state index is 0.532. The molecular weight excluding hydrogens is 218 g/mol. The van der Waals surface area contributed by atoms with E-state index >= 15 is 0 Å². The zero-order valence-corrected chi connectivity index (χ0v) is 11.1. The highest BCUT2D eigenvalue weighted by molar-refractivity contribution is 7.98. The summed E-state index contributed by atoms with van der Waals surface area (Å²) in [5.74, 6) is 2.13. The van der Waals surface area contributed by atoms with Crippen LogP contribution in [0, 0.1) is 0 Å². The first-order valence-corrected chi connectivity index (χ1v) is 7.10. The summed E-state index contributed by atoms with van der Waals surface area (Å²) in [5, 5.41) is 3.50. The van der Waals surface area contributed by atoms with Gasteiger partial charge in [0.2, 0.25) is 0 Å². The molecule has 0 radical (unpaired) electrons. The molecule has 90 valence electrons. The van der Waals surface area contributed by atoms with Crippen molar-refractivity contribution in [3.05, 3.63) is 29.8 Å². The van der Waals surface area contributed by atoms with Crippen LogP contribution in [-0.4, -0.2) is 24.7 Å². The van der Waals surface area contributed by atoms with Crippen molar-refractivity contribution in [3.63, 3.8) is 0 Å². The first kappa shape index (κ1) is 13.4. The van der Waals surface area contributed by atoms with Crippen molar-refractivity contribution in [2.24, 2.45) is 0 Å². The quantitative estimate of drug-likeness (QED) is 0.790. The summed E-state index contributed by atoms with van der Waals surface area (Å²) in [5.41, 5.74) is 1.23. The Hall–Kier alpha value is -0.670. The SMILES string of the molecule is CCOc1ccccc1CNC(C)CSC. The van der Waals surface area contributed by atoms with Crippen molar-refractivity contribution < 1.29 is 4.74 Å². The highest BCUT2D eigenvalue weighted by atomic mass is 32.2. The number of hydrogen-bond donors (Lipinski definition) is 1. The third-order valence-corrected chi connectivity index (χ3v) is 3.16. The molecule has 3 heteroatoms. The fourth-order valence-electron chi connectivity index (χ4n) is 1.54. The molecule has 1 aromatic carbocycles. The largest absolute Gasteiger partial charge is 0.494 e. The van der Waals surface area contributed by atoms with Crippen molar-refractivity contribution in [3.8, 4) is 5.75 Å². The molecule has 0 saturated carbocycles. The number of benzene rings is 1. The predicted octanol–water partition coefficient (Wildman–Crippen LogP) is 2.93. The Bertz CT molecular complexity index is 304. The molecule has 1 atom stereocenters. The van der Waals surface area contributed by atoms with Crippen molar-refractivity contribution in [2.45, 2.75) is 26.4 Å². The van der Waals surface area contributed by atoms with Gasteiger partial charge < -0.3 is 10.1 Å². The molecule has 1 unspecified atom stereocenters. The summed E-state index contributed by atoms with van der Waals surface area (Å²) in [4.78, 5) is 0. The van der Waals surface area contributed by atoms with Crippen LogP contribution in [0.1, 0.15) is 19.4 Å². The van der Waals surface area contributed by atoms with E-state index in [2.05, 4.69) is 30.6 Å². The number of para-hydroxylation sites is 1. The van der Waals surface area contributed by atoms with E-state index in [4.69, 9.17) is 4.74 Å². The van der Waals surface area contributed by atoms with Crippen LogP contribution in [-0.2, 0) is 6.54 Å². The van der Waals surface area contributed by atoms with Crippen LogP contribution in [0.4, 0.5) is 0 Å². The predicted molar refractivity (Wildman–Crippen MR) is 72.3 cm³/mol. The van der Waals surface area contributed by atoms with Gasteiger partial charge in [0.1, 0.15) is 5.75 Å². The van der Waals surface area contributed by atoms with E-state index in [1.807, 2.05) is 30.8 Å². The average Bonchev–Trinajstić information content (AvgIpc) is 2.29. The molecule has 0 bridgehead atoms. The van der Waals surface area contributed by atoms with E-state index in [1.54, 1.807) is 0 Å². The molecule has 0 amide bonds. The summed E-state index contributed by atoms with van der Waals surface area (Å²) in [6.07, 6.45) is 2.13. The van der Waals surface area contributed by atoms with Gasteiger partial charge in [0.05, 0.1) is 6.61 Å². The van der Waals surface area contributed by atoms with Crippen molar-refractivity contribution in [1.29, 1.82) is 0 Å². The van der Waals surface area contributed by atoms with Gasteiger partial charge in [0, 0.05) is 23.9 Å². The lowest BCUT2D eigenvalue weighted by Crippen LogP contribution is -2.27. The van der Waals surface area contributed by atoms with Crippen molar-refractivity contribution in [1.82, 2.24) is 5.32 Å². The molecule has 0 fully saturated rings. The lowest BCUT2D eigenvalue weighted by Gasteiger charge is -2.14. The van der Waals surface area contributed by atoms with Crippen molar-refractivity contribution in [2.75, 3.05) is 18.6 Å². The minimum atomic E-state index is 0.532. The zero-order valence-electron chi connectivity index (χ0n) is 10.3. The number of thioether (sulfide) groups is 1. The Morgan fingerprint density at radius 1 is 1.38 bits per heavy atom. The lowest BCUT2D eigenvalue weighted by atomic mass is 10.2. The number of ether oxygens (including phenoxy) is 1. The Balaban J connectivity index is 2.52. The van der Waals surface area contributed by atoms with E-state index < -0.39 is 0 Å². The van der Waals surface area contributed by atoms with Crippen LogP contribution >= 0.6 is 11.8 Å². The van der Waals surface area contributed by atoms with E-state index in [1.165, 1.54) is 5.56 Å². The molecule has 0 aromatic heterocycles. The first-order chi connectivity index (χ1) is 7.77. The fraction of sp³-hybridized carbons (Fsp3) is 0.538. The number of hydrogen-bond acceptors (Lipinski definition) is 3. The third-order valence-electron chi connectivity index (χ3n) is 2.33. The number of rotatable bonds is 7. The molecule has 1 rings (SSSR count). The molecular formula is C13H21NOS. The molecule has 1 aromatic rings. The van der Waals surface area contributed by atoms with Gasteiger partial charge in [-0.2, -0.15) is 11.8 Å². The summed E-state index contributed by atoms with van der Waals surface area (Å²) < 4.78 is 5.58. The topological polar surface area (TPSA) is 21.3 Å². The molecule has 2 nitrogen and oxygen atoms in total. The van der Waals surface area contributed by atoms with Crippen LogP contribution in [0.5, 0.6) is 5.75 Å². The molecule has 0 aliphatic carbocycles. The van der Waals surface area contributed by atoms with Gasteiger partial charge in [-0.05, 0) is 26.2 Å². The minimum Gasteiger partial charge on any atom is -0.494 e. The Morgan fingerprint density at radius 3 is 2.81 bits per heavy atom.